The molecular weight excluding hydrogens is 329 g/mol. The first-order valence-corrected chi connectivity index (χ1v) is 7.48. The van der Waals surface area contributed by atoms with E-state index >= 15 is 0 Å². The Morgan fingerprint density at radius 1 is 1.26 bits per heavy atom. The topological polar surface area (TPSA) is 46.3 Å². The molecule has 0 saturated carbocycles. The van der Waals surface area contributed by atoms with Crippen LogP contribution in [-0.4, -0.2) is 29.9 Å². The average Bonchev–Trinajstić information content (AvgIpc) is 2.47. The normalized spacial score (nSPS) is 17.5. The second-order valence-electron chi connectivity index (χ2n) is 5.94. The number of likely N-dealkylation sites (tertiary alicyclic amines) is 1. The van der Waals surface area contributed by atoms with Gasteiger partial charge in [-0.05, 0) is 36.5 Å². The number of benzene rings is 1. The van der Waals surface area contributed by atoms with Crippen molar-refractivity contribution in [2.75, 3.05) is 13.1 Å². The molecular formula is C16H22ClF3N2O. The molecule has 2 N–H and O–H groups in total. The zero-order chi connectivity index (χ0) is 16.3. The molecule has 0 aliphatic carbocycles. The van der Waals surface area contributed by atoms with E-state index in [0.717, 1.165) is 30.5 Å². The first-order valence-electron chi connectivity index (χ1n) is 7.48. The molecule has 0 bridgehead atoms. The standard InChI is InChI=1S/C16H21F3N2O.ClH/c1-11(10-15(22)21-8-6-14(20)7-9-21)12-2-4-13(5-3-12)16(17,18)19;/h2-5,11,14H,6-10,20H2,1H3;1H. The summed E-state index contributed by atoms with van der Waals surface area (Å²) in [4.78, 5) is 14.0. The minimum atomic E-state index is -4.33. The molecule has 1 fully saturated rings. The third kappa shape index (κ3) is 5.39. The number of halogens is 4. The molecule has 0 aromatic heterocycles. The first-order chi connectivity index (χ1) is 10.3. The number of alkyl halides is 3. The van der Waals surface area contributed by atoms with Crippen molar-refractivity contribution in [2.45, 2.75) is 44.3 Å². The second kappa shape index (κ2) is 8.02. The molecule has 0 radical (unpaired) electrons. The van der Waals surface area contributed by atoms with E-state index in [1.54, 1.807) is 4.90 Å². The van der Waals surface area contributed by atoms with E-state index in [1.807, 2.05) is 6.92 Å². The summed E-state index contributed by atoms with van der Waals surface area (Å²) in [5, 5.41) is 0. The summed E-state index contributed by atoms with van der Waals surface area (Å²) in [6.45, 7) is 3.19. The van der Waals surface area contributed by atoms with Crippen LogP contribution >= 0.6 is 12.4 Å². The van der Waals surface area contributed by atoms with Gasteiger partial charge in [0.2, 0.25) is 5.91 Å². The lowest BCUT2D eigenvalue weighted by Crippen LogP contribution is -2.43. The summed E-state index contributed by atoms with van der Waals surface area (Å²) in [6.07, 6.45) is -2.41. The summed E-state index contributed by atoms with van der Waals surface area (Å²) in [6, 6.07) is 5.20. The van der Waals surface area contributed by atoms with Crippen molar-refractivity contribution in [1.29, 1.82) is 0 Å². The van der Waals surface area contributed by atoms with Gasteiger partial charge in [-0.2, -0.15) is 13.2 Å². The van der Waals surface area contributed by atoms with E-state index in [0.29, 0.717) is 19.5 Å². The highest BCUT2D eigenvalue weighted by atomic mass is 35.5. The van der Waals surface area contributed by atoms with Gasteiger partial charge in [-0.15, -0.1) is 12.4 Å². The highest BCUT2D eigenvalue weighted by Gasteiger charge is 2.30. The van der Waals surface area contributed by atoms with E-state index in [1.165, 1.54) is 12.1 Å². The molecule has 1 aliphatic rings. The van der Waals surface area contributed by atoms with Crippen molar-refractivity contribution in [3.05, 3.63) is 35.4 Å². The predicted molar refractivity (Wildman–Crippen MR) is 85.5 cm³/mol. The fourth-order valence-electron chi connectivity index (χ4n) is 2.66. The second-order valence-corrected chi connectivity index (χ2v) is 5.94. The molecule has 1 saturated heterocycles. The van der Waals surface area contributed by atoms with Crippen LogP contribution in [0.15, 0.2) is 24.3 Å². The Hall–Kier alpha value is -1.27. The highest BCUT2D eigenvalue weighted by molar-refractivity contribution is 5.85. The molecule has 7 heteroatoms. The lowest BCUT2D eigenvalue weighted by atomic mass is 9.95. The van der Waals surface area contributed by atoms with Gasteiger partial charge in [-0.25, -0.2) is 0 Å². The van der Waals surface area contributed by atoms with Crippen LogP contribution in [0.5, 0.6) is 0 Å². The van der Waals surface area contributed by atoms with Crippen LogP contribution in [0.2, 0.25) is 0 Å². The fourth-order valence-corrected chi connectivity index (χ4v) is 2.66. The average molecular weight is 351 g/mol. The number of nitrogens with zero attached hydrogens (tertiary/aromatic N) is 1. The monoisotopic (exact) mass is 350 g/mol. The number of carbonyl (C=O) groups is 1. The molecule has 130 valence electrons. The first kappa shape index (κ1) is 19.8. The Bertz CT molecular complexity index is 511. The maximum absolute atomic E-state index is 12.5. The molecule has 23 heavy (non-hydrogen) atoms. The van der Waals surface area contributed by atoms with Gasteiger partial charge in [0.15, 0.2) is 0 Å². The van der Waals surface area contributed by atoms with Gasteiger partial charge in [0.05, 0.1) is 5.56 Å². The molecule has 1 aliphatic heterocycles. The smallest absolute Gasteiger partial charge is 0.343 e. The molecule has 1 atom stereocenters. The molecule has 3 nitrogen and oxygen atoms in total. The zero-order valence-corrected chi connectivity index (χ0v) is 13.8. The number of carbonyl (C=O) groups excluding carboxylic acids is 1. The van der Waals surface area contributed by atoms with E-state index in [-0.39, 0.29) is 30.3 Å². The van der Waals surface area contributed by atoms with E-state index in [4.69, 9.17) is 5.73 Å². The summed E-state index contributed by atoms with van der Waals surface area (Å²) in [5.41, 5.74) is 5.89. The Labute approximate surface area is 140 Å². The lowest BCUT2D eigenvalue weighted by Gasteiger charge is -2.31. The number of rotatable bonds is 3. The Morgan fingerprint density at radius 3 is 2.26 bits per heavy atom. The highest BCUT2D eigenvalue weighted by Crippen LogP contribution is 2.30. The summed E-state index contributed by atoms with van der Waals surface area (Å²) in [5.74, 6) is -0.0651. The Morgan fingerprint density at radius 2 is 1.78 bits per heavy atom. The maximum atomic E-state index is 12.5. The largest absolute Gasteiger partial charge is 0.416 e. The molecule has 1 amide bonds. The van der Waals surface area contributed by atoms with Crippen LogP contribution in [0.3, 0.4) is 0 Å². The molecule has 0 spiro atoms. The SMILES string of the molecule is CC(CC(=O)N1CCC(N)CC1)c1ccc(C(F)(F)F)cc1.Cl. The minimum absolute atomic E-state index is 0. The van der Waals surface area contributed by atoms with Crippen molar-refractivity contribution in [1.82, 2.24) is 4.90 Å². The number of nitrogens with two attached hydrogens (primary N) is 1. The third-order valence-corrected chi connectivity index (χ3v) is 4.18. The quantitative estimate of drug-likeness (QED) is 0.905. The van der Waals surface area contributed by atoms with Gasteiger partial charge < -0.3 is 10.6 Å². The molecule has 1 heterocycles. The fraction of sp³-hybridized carbons (Fsp3) is 0.562. The van der Waals surface area contributed by atoms with Gasteiger partial charge >= 0.3 is 6.18 Å². The van der Waals surface area contributed by atoms with Crippen molar-refractivity contribution in [2.24, 2.45) is 5.73 Å². The van der Waals surface area contributed by atoms with Crippen LogP contribution in [0.1, 0.15) is 43.2 Å². The number of hydrogen-bond donors (Lipinski definition) is 1. The van der Waals surface area contributed by atoms with Crippen LogP contribution in [0.25, 0.3) is 0 Å². The number of hydrogen-bond acceptors (Lipinski definition) is 2. The van der Waals surface area contributed by atoms with Gasteiger partial charge in [0.1, 0.15) is 0 Å². The zero-order valence-electron chi connectivity index (χ0n) is 13.0. The Balaban J connectivity index is 0.00000264. The number of piperidine rings is 1. The predicted octanol–water partition coefficient (Wildman–Crippen LogP) is 3.57. The van der Waals surface area contributed by atoms with Gasteiger partial charge in [0, 0.05) is 25.6 Å². The molecule has 2 rings (SSSR count). The summed E-state index contributed by atoms with van der Waals surface area (Å²) in [7, 11) is 0. The number of amides is 1. The Kier molecular flexibility index (Phi) is 6.89. The van der Waals surface area contributed by atoms with Crippen LogP contribution in [-0.2, 0) is 11.0 Å². The van der Waals surface area contributed by atoms with Crippen molar-refractivity contribution in [3.8, 4) is 0 Å². The van der Waals surface area contributed by atoms with E-state index in [9.17, 15) is 18.0 Å². The lowest BCUT2D eigenvalue weighted by molar-refractivity contribution is -0.137. The van der Waals surface area contributed by atoms with Crippen LogP contribution in [0.4, 0.5) is 13.2 Å². The van der Waals surface area contributed by atoms with Gasteiger partial charge in [-0.1, -0.05) is 19.1 Å². The summed E-state index contributed by atoms with van der Waals surface area (Å²) >= 11 is 0. The van der Waals surface area contributed by atoms with Crippen molar-refractivity contribution >= 4 is 18.3 Å². The molecule has 1 aromatic carbocycles. The van der Waals surface area contributed by atoms with Crippen molar-refractivity contribution < 1.29 is 18.0 Å². The summed E-state index contributed by atoms with van der Waals surface area (Å²) < 4.78 is 37.6. The van der Waals surface area contributed by atoms with Crippen LogP contribution < -0.4 is 5.73 Å². The molecule has 1 unspecified atom stereocenters. The van der Waals surface area contributed by atoms with Crippen molar-refractivity contribution in [3.63, 3.8) is 0 Å². The third-order valence-electron chi connectivity index (χ3n) is 4.18. The van der Waals surface area contributed by atoms with Gasteiger partial charge in [-0.3, -0.25) is 4.79 Å². The van der Waals surface area contributed by atoms with Crippen LogP contribution in [0, 0.1) is 0 Å². The van der Waals surface area contributed by atoms with E-state index in [2.05, 4.69) is 0 Å². The van der Waals surface area contributed by atoms with Gasteiger partial charge in [0.25, 0.3) is 0 Å². The van der Waals surface area contributed by atoms with E-state index < -0.39 is 11.7 Å². The minimum Gasteiger partial charge on any atom is -0.343 e. The molecule has 1 aromatic rings. The maximum Gasteiger partial charge on any atom is 0.416 e.